The summed E-state index contributed by atoms with van der Waals surface area (Å²) in [6, 6.07) is 12.7. The molecule has 4 aromatic rings. The minimum atomic E-state index is -4.88. The molecular formula is C31H29F4N7O4. The molecule has 46 heavy (non-hydrogen) atoms. The summed E-state index contributed by atoms with van der Waals surface area (Å²) >= 11 is 0. The van der Waals surface area contributed by atoms with Gasteiger partial charge in [0.15, 0.2) is 0 Å². The molecule has 2 fully saturated rings. The third-order valence-electron chi connectivity index (χ3n) is 7.35. The smallest absolute Gasteiger partial charge is 0.419 e. The van der Waals surface area contributed by atoms with Crippen molar-refractivity contribution < 1.29 is 36.6 Å². The van der Waals surface area contributed by atoms with Crippen LogP contribution >= 0.6 is 0 Å². The molecule has 11 nitrogen and oxygen atoms in total. The molecule has 6 rings (SSSR count). The number of halogens is 4. The first kappa shape index (κ1) is 31.0. The number of benzene rings is 3. The SMILES string of the molecule is O=C(N/N=C/c1ccc(N2CCOCC2)cc1)Nc1cc2c(Nc3ccc(F)c(C(F)(F)F)c3)ncnc2cc1OC1CCOC1. The van der Waals surface area contributed by atoms with Gasteiger partial charge in [0.1, 0.15) is 29.8 Å². The normalized spacial score (nSPS) is 17.0. The molecule has 3 N–H and O–H groups in total. The van der Waals surface area contributed by atoms with E-state index in [-0.39, 0.29) is 23.3 Å². The number of nitrogens with zero attached hydrogens (tertiary/aromatic N) is 4. The van der Waals surface area contributed by atoms with Crippen molar-refractivity contribution in [3.05, 3.63) is 77.9 Å². The van der Waals surface area contributed by atoms with E-state index in [0.717, 1.165) is 36.5 Å². The summed E-state index contributed by atoms with van der Waals surface area (Å²) in [6.45, 7) is 3.89. The van der Waals surface area contributed by atoms with E-state index in [1.807, 2.05) is 24.3 Å². The van der Waals surface area contributed by atoms with Crippen LogP contribution in [0.1, 0.15) is 17.5 Å². The molecule has 0 saturated carbocycles. The quantitative estimate of drug-likeness (QED) is 0.128. The molecule has 15 heteroatoms. The van der Waals surface area contributed by atoms with Crippen molar-refractivity contribution in [3.63, 3.8) is 0 Å². The van der Waals surface area contributed by atoms with Gasteiger partial charge in [-0.2, -0.15) is 18.3 Å². The fraction of sp³-hybridized carbons (Fsp3) is 0.290. The molecule has 1 aromatic heterocycles. The first-order valence-corrected chi connectivity index (χ1v) is 14.4. The molecule has 3 aromatic carbocycles. The highest BCUT2D eigenvalue weighted by Crippen LogP contribution is 2.36. The predicted molar refractivity (Wildman–Crippen MR) is 163 cm³/mol. The predicted octanol–water partition coefficient (Wildman–Crippen LogP) is 5.69. The van der Waals surface area contributed by atoms with E-state index in [4.69, 9.17) is 14.2 Å². The monoisotopic (exact) mass is 639 g/mol. The van der Waals surface area contributed by atoms with Gasteiger partial charge in [-0.1, -0.05) is 12.1 Å². The van der Waals surface area contributed by atoms with Gasteiger partial charge in [-0.05, 0) is 42.0 Å². The van der Waals surface area contributed by atoms with Gasteiger partial charge < -0.3 is 29.7 Å². The topological polar surface area (TPSA) is 122 Å². The van der Waals surface area contributed by atoms with Gasteiger partial charge >= 0.3 is 12.2 Å². The third kappa shape index (κ3) is 7.43. The first-order valence-electron chi connectivity index (χ1n) is 14.4. The number of hydrogen-bond acceptors (Lipinski definition) is 9. The standard InChI is InChI=1S/C31H29F4N7O4/c32-25-6-3-20(13-24(25)31(33,34)35)39-29-23-14-27(28(15-26(23)36-18-37-29)46-22-7-10-45-17-22)40-30(43)41-38-16-19-1-4-21(5-2-19)42-8-11-44-12-9-42/h1-6,13-16,18,22H,7-12,17H2,(H,36,37,39)(H2,40,41,43)/b38-16+. The molecule has 2 aliphatic heterocycles. The van der Waals surface area contributed by atoms with Gasteiger partial charge in [-0.15, -0.1) is 0 Å². The lowest BCUT2D eigenvalue weighted by atomic mass is 10.1. The van der Waals surface area contributed by atoms with Gasteiger partial charge in [0.25, 0.3) is 0 Å². The number of aromatic nitrogens is 2. The summed E-state index contributed by atoms with van der Waals surface area (Å²) in [5, 5.41) is 9.91. The van der Waals surface area contributed by atoms with Crippen LogP contribution in [-0.4, -0.2) is 67.8 Å². The van der Waals surface area contributed by atoms with Gasteiger partial charge in [-0.3, -0.25) is 0 Å². The van der Waals surface area contributed by atoms with Crippen LogP contribution in [0.25, 0.3) is 10.9 Å². The van der Waals surface area contributed by atoms with Crippen LogP contribution in [0.5, 0.6) is 5.75 Å². The Balaban J connectivity index is 1.21. The molecule has 0 radical (unpaired) electrons. The number of rotatable bonds is 8. The molecule has 0 spiro atoms. The second-order valence-corrected chi connectivity index (χ2v) is 10.5. The largest absolute Gasteiger partial charge is 0.486 e. The van der Waals surface area contributed by atoms with Crippen molar-refractivity contribution in [1.82, 2.24) is 15.4 Å². The lowest BCUT2D eigenvalue weighted by Gasteiger charge is -2.28. The lowest BCUT2D eigenvalue weighted by Crippen LogP contribution is -2.36. The molecule has 1 atom stereocenters. The molecule has 1 unspecified atom stereocenters. The maximum Gasteiger partial charge on any atom is 0.419 e. The highest BCUT2D eigenvalue weighted by molar-refractivity contribution is 5.99. The molecule has 3 heterocycles. The summed E-state index contributed by atoms with van der Waals surface area (Å²) < 4.78 is 70.7. The Labute approximate surface area is 260 Å². The number of alkyl halides is 3. The number of morpholine rings is 1. The number of amides is 2. The molecule has 2 saturated heterocycles. The molecule has 240 valence electrons. The second kappa shape index (κ2) is 13.5. The highest BCUT2D eigenvalue weighted by Gasteiger charge is 2.34. The molecule has 2 amide bonds. The molecule has 0 aliphatic carbocycles. The van der Waals surface area contributed by atoms with E-state index < -0.39 is 23.6 Å². The number of hydrazone groups is 1. The van der Waals surface area contributed by atoms with Crippen LogP contribution in [0.3, 0.4) is 0 Å². The van der Waals surface area contributed by atoms with Crippen molar-refractivity contribution in [2.24, 2.45) is 5.10 Å². The molecule has 0 bridgehead atoms. The van der Waals surface area contributed by atoms with Crippen LogP contribution in [0.2, 0.25) is 0 Å². The fourth-order valence-corrected chi connectivity index (χ4v) is 5.03. The van der Waals surface area contributed by atoms with Crippen LogP contribution in [0.4, 0.5) is 45.2 Å². The second-order valence-electron chi connectivity index (χ2n) is 10.5. The summed E-state index contributed by atoms with van der Waals surface area (Å²) in [4.78, 5) is 23.6. The number of hydrogen-bond donors (Lipinski definition) is 3. The van der Waals surface area contributed by atoms with E-state index in [1.165, 1.54) is 18.6 Å². The van der Waals surface area contributed by atoms with Crippen LogP contribution in [0, 0.1) is 5.82 Å². The number of carbonyl (C=O) groups is 1. The lowest BCUT2D eigenvalue weighted by molar-refractivity contribution is -0.139. The Kier molecular flexibility index (Phi) is 9.12. The summed E-state index contributed by atoms with van der Waals surface area (Å²) in [5.41, 5.74) is 3.43. The van der Waals surface area contributed by atoms with Gasteiger partial charge in [0, 0.05) is 42.3 Å². The Morgan fingerprint density at radius 2 is 1.83 bits per heavy atom. The summed E-state index contributed by atoms with van der Waals surface area (Å²) in [6.07, 6.45) is -1.78. The van der Waals surface area contributed by atoms with E-state index >= 15 is 0 Å². The number of carbonyl (C=O) groups excluding carboxylic acids is 1. The minimum absolute atomic E-state index is 0.0447. The first-order chi connectivity index (χ1) is 22.2. The maximum absolute atomic E-state index is 13.9. The van der Waals surface area contributed by atoms with Crippen molar-refractivity contribution in [1.29, 1.82) is 0 Å². The summed E-state index contributed by atoms with van der Waals surface area (Å²) in [7, 11) is 0. The van der Waals surface area contributed by atoms with Crippen LogP contribution < -0.4 is 25.7 Å². The maximum atomic E-state index is 13.9. The Morgan fingerprint density at radius 1 is 1.02 bits per heavy atom. The Hall–Kier alpha value is -5.02. The van der Waals surface area contributed by atoms with Crippen molar-refractivity contribution in [3.8, 4) is 5.75 Å². The zero-order valence-corrected chi connectivity index (χ0v) is 24.3. The van der Waals surface area contributed by atoms with Gasteiger partial charge in [-0.25, -0.2) is 24.6 Å². The van der Waals surface area contributed by atoms with Gasteiger partial charge in [0.05, 0.1) is 49.4 Å². The Bertz CT molecular complexity index is 1730. The average Bonchev–Trinajstić information content (AvgIpc) is 3.56. The van der Waals surface area contributed by atoms with Crippen LogP contribution in [-0.2, 0) is 15.7 Å². The number of urea groups is 1. The number of nitrogens with one attached hydrogen (secondary N) is 3. The van der Waals surface area contributed by atoms with Crippen LogP contribution in [0.15, 0.2) is 66.0 Å². The van der Waals surface area contributed by atoms with Crippen molar-refractivity contribution in [2.45, 2.75) is 18.7 Å². The number of ether oxygens (including phenoxy) is 3. The average molecular weight is 640 g/mol. The molecular weight excluding hydrogens is 610 g/mol. The number of fused-ring (bicyclic) bond motifs is 1. The van der Waals surface area contributed by atoms with Crippen molar-refractivity contribution >= 4 is 46.0 Å². The minimum Gasteiger partial charge on any atom is -0.486 e. The number of anilines is 4. The van der Waals surface area contributed by atoms with E-state index in [2.05, 4.69) is 36.0 Å². The van der Waals surface area contributed by atoms with E-state index in [1.54, 1.807) is 6.07 Å². The highest BCUT2D eigenvalue weighted by atomic mass is 19.4. The van der Waals surface area contributed by atoms with E-state index in [9.17, 15) is 22.4 Å². The molecule has 2 aliphatic rings. The summed E-state index contributed by atoms with van der Waals surface area (Å²) in [5.74, 6) is -0.970. The van der Waals surface area contributed by atoms with Gasteiger partial charge in [0.2, 0.25) is 0 Å². The fourth-order valence-electron chi connectivity index (χ4n) is 5.03. The van der Waals surface area contributed by atoms with Crippen molar-refractivity contribution in [2.75, 3.05) is 55.1 Å². The Morgan fingerprint density at radius 3 is 2.57 bits per heavy atom. The third-order valence-corrected chi connectivity index (χ3v) is 7.35. The zero-order valence-electron chi connectivity index (χ0n) is 24.3. The zero-order chi connectivity index (χ0) is 32.1. The van der Waals surface area contributed by atoms with E-state index in [0.29, 0.717) is 55.6 Å².